The fraction of sp³-hybridized carbons (Fsp3) is 0.174. The van der Waals surface area contributed by atoms with Crippen molar-refractivity contribution >= 4 is 28.3 Å². The number of carbonyl (C=O) groups excluding carboxylic acids is 1. The highest BCUT2D eigenvalue weighted by Crippen LogP contribution is 2.21. The number of nitrogens with zero attached hydrogens (tertiary/aromatic N) is 2. The van der Waals surface area contributed by atoms with Crippen LogP contribution in [0.3, 0.4) is 0 Å². The maximum atomic E-state index is 12.0. The van der Waals surface area contributed by atoms with Crippen molar-refractivity contribution < 1.29 is 14.1 Å². The lowest BCUT2D eigenvalue weighted by atomic mass is 10.1. The number of aromatic nitrogens is 2. The molecule has 1 heterocycles. The standard InChI is InChI=1S/C23H20ClN3O3/c24-19-8-5-17(6-9-19)23-26-22(30-27-23)12-11-21(28)25-13-14-29-20-10-7-16-3-1-2-4-18(16)15-20/h1-10,15H,11-14H2,(H,25,28). The molecule has 1 amide bonds. The number of hydrogen-bond acceptors (Lipinski definition) is 5. The fourth-order valence-corrected chi connectivity index (χ4v) is 3.12. The van der Waals surface area contributed by atoms with Crippen LogP contribution < -0.4 is 10.1 Å². The Morgan fingerprint density at radius 2 is 1.83 bits per heavy atom. The Morgan fingerprint density at radius 3 is 2.67 bits per heavy atom. The molecule has 1 N–H and O–H groups in total. The molecule has 0 saturated heterocycles. The van der Waals surface area contributed by atoms with Crippen LogP contribution in [0.4, 0.5) is 0 Å². The molecule has 0 radical (unpaired) electrons. The van der Waals surface area contributed by atoms with E-state index in [-0.39, 0.29) is 12.3 Å². The van der Waals surface area contributed by atoms with Crippen molar-refractivity contribution in [2.45, 2.75) is 12.8 Å². The third-order valence-corrected chi connectivity index (χ3v) is 4.80. The van der Waals surface area contributed by atoms with Gasteiger partial charge in [-0.25, -0.2) is 0 Å². The van der Waals surface area contributed by atoms with E-state index in [0.717, 1.165) is 16.7 Å². The molecule has 0 aliphatic carbocycles. The number of amides is 1. The van der Waals surface area contributed by atoms with E-state index in [1.165, 1.54) is 5.39 Å². The summed E-state index contributed by atoms with van der Waals surface area (Å²) in [4.78, 5) is 16.4. The third-order valence-electron chi connectivity index (χ3n) is 4.55. The molecule has 0 atom stereocenters. The predicted octanol–water partition coefficient (Wildman–Crippen LogP) is 4.67. The van der Waals surface area contributed by atoms with Crippen LogP contribution in [0.25, 0.3) is 22.2 Å². The number of rotatable bonds is 8. The number of fused-ring (bicyclic) bond motifs is 1. The number of carbonyl (C=O) groups is 1. The highest BCUT2D eigenvalue weighted by atomic mass is 35.5. The van der Waals surface area contributed by atoms with E-state index in [9.17, 15) is 4.79 Å². The number of benzene rings is 3. The van der Waals surface area contributed by atoms with Gasteiger partial charge in [-0.05, 0) is 47.2 Å². The summed E-state index contributed by atoms with van der Waals surface area (Å²) in [7, 11) is 0. The normalized spacial score (nSPS) is 10.8. The summed E-state index contributed by atoms with van der Waals surface area (Å²) in [5.74, 6) is 1.58. The smallest absolute Gasteiger partial charge is 0.227 e. The van der Waals surface area contributed by atoms with Crippen LogP contribution in [0.5, 0.6) is 5.75 Å². The topological polar surface area (TPSA) is 77.2 Å². The Kier molecular flexibility index (Phi) is 6.25. The SMILES string of the molecule is O=C(CCc1nc(-c2ccc(Cl)cc2)no1)NCCOc1ccc2ccccc2c1. The Bertz CT molecular complexity index is 1140. The number of aryl methyl sites for hydroxylation is 1. The summed E-state index contributed by atoms with van der Waals surface area (Å²) in [6.07, 6.45) is 0.635. The molecule has 0 bridgehead atoms. The molecule has 0 unspecified atom stereocenters. The molecule has 0 aliphatic rings. The molecule has 6 nitrogen and oxygen atoms in total. The second-order valence-electron chi connectivity index (χ2n) is 6.73. The molecular weight excluding hydrogens is 402 g/mol. The molecule has 4 rings (SSSR count). The Hall–Kier alpha value is -3.38. The molecule has 0 aliphatic heterocycles. The van der Waals surface area contributed by atoms with Crippen LogP contribution in [0.2, 0.25) is 5.02 Å². The monoisotopic (exact) mass is 421 g/mol. The van der Waals surface area contributed by atoms with Crippen molar-refractivity contribution in [3.05, 3.63) is 77.6 Å². The van der Waals surface area contributed by atoms with Crippen molar-refractivity contribution in [2.24, 2.45) is 0 Å². The summed E-state index contributed by atoms with van der Waals surface area (Å²) in [6.45, 7) is 0.816. The Labute approximate surface area is 178 Å². The first-order chi connectivity index (χ1) is 14.7. The number of nitrogens with one attached hydrogen (secondary N) is 1. The minimum atomic E-state index is -0.0941. The van der Waals surface area contributed by atoms with Gasteiger partial charge in [0.2, 0.25) is 17.6 Å². The van der Waals surface area contributed by atoms with Crippen LogP contribution in [-0.2, 0) is 11.2 Å². The zero-order valence-electron chi connectivity index (χ0n) is 16.2. The number of halogens is 1. The van der Waals surface area contributed by atoms with E-state index in [4.69, 9.17) is 20.9 Å². The van der Waals surface area contributed by atoms with Gasteiger partial charge in [-0.15, -0.1) is 0 Å². The molecule has 7 heteroatoms. The first-order valence-corrected chi connectivity index (χ1v) is 10.0. The number of hydrogen-bond donors (Lipinski definition) is 1. The lowest BCUT2D eigenvalue weighted by molar-refractivity contribution is -0.121. The predicted molar refractivity (Wildman–Crippen MR) is 116 cm³/mol. The summed E-state index contributed by atoms with van der Waals surface area (Å²) < 4.78 is 10.9. The highest BCUT2D eigenvalue weighted by molar-refractivity contribution is 6.30. The minimum Gasteiger partial charge on any atom is -0.492 e. The van der Waals surface area contributed by atoms with Gasteiger partial charge in [0, 0.05) is 23.4 Å². The van der Waals surface area contributed by atoms with E-state index in [2.05, 4.69) is 21.5 Å². The molecule has 0 fully saturated rings. The molecule has 0 spiro atoms. The molecular formula is C23H20ClN3O3. The highest BCUT2D eigenvalue weighted by Gasteiger charge is 2.10. The second-order valence-corrected chi connectivity index (χ2v) is 7.16. The zero-order chi connectivity index (χ0) is 20.8. The van der Waals surface area contributed by atoms with Crippen molar-refractivity contribution in [2.75, 3.05) is 13.2 Å². The largest absolute Gasteiger partial charge is 0.492 e. The molecule has 1 aromatic heterocycles. The van der Waals surface area contributed by atoms with E-state index in [1.54, 1.807) is 12.1 Å². The third kappa shape index (κ3) is 5.15. The molecule has 0 saturated carbocycles. The van der Waals surface area contributed by atoms with E-state index in [1.807, 2.05) is 48.5 Å². The van der Waals surface area contributed by atoms with Crippen molar-refractivity contribution in [3.8, 4) is 17.1 Å². The summed E-state index contributed by atoms with van der Waals surface area (Å²) in [5, 5.41) is 9.71. The minimum absolute atomic E-state index is 0.0941. The molecule has 3 aromatic carbocycles. The van der Waals surface area contributed by atoms with Gasteiger partial charge in [-0.3, -0.25) is 4.79 Å². The summed E-state index contributed by atoms with van der Waals surface area (Å²) in [5.41, 5.74) is 0.810. The van der Waals surface area contributed by atoms with Crippen LogP contribution in [-0.4, -0.2) is 29.2 Å². The quantitative estimate of drug-likeness (QED) is 0.418. The zero-order valence-corrected chi connectivity index (χ0v) is 16.9. The average Bonchev–Trinajstić information content (AvgIpc) is 3.25. The number of ether oxygens (including phenoxy) is 1. The Balaban J connectivity index is 1.19. The van der Waals surface area contributed by atoms with Crippen molar-refractivity contribution in [3.63, 3.8) is 0 Å². The lowest BCUT2D eigenvalue weighted by Gasteiger charge is -2.08. The molecule has 30 heavy (non-hydrogen) atoms. The van der Waals surface area contributed by atoms with Gasteiger partial charge in [0.1, 0.15) is 12.4 Å². The van der Waals surface area contributed by atoms with Gasteiger partial charge < -0.3 is 14.6 Å². The van der Waals surface area contributed by atoms with E-state index >= 15 is 0 Å². The molecule has 152 valence electrons. The maximum Gasteiger partial charge on any atom is 0.227 e. The van der Waals surface area contributed by atoms with Gasteiger partial charge >= 0.3 is 0 Å². The maximum absolute atomic E-state index is 12.0. The van der Waals surface area contributed by atoms with Crippen LogP contribution in [0, 0.1) is 0 Å². The Morgan fingerprint density at radius 1 is 1.03 bits per heavy atom. The van der Waals surface area contributed by atoms with Gasteiger partial charge in [0.25, 0.3) is 0 Å². The van der Waals surface area contributed by atoms with Gasteiger partial charge in [0.15, 0.2) is 0 Å². The van der Waals surface area contributed by atoms with Gasteiger partial charge in [-0.1, -0.05) is 47.1 Å². The van der Waals surface area contributed by atoms with Crippen molar-refractivity contribution in [1.82, 2.24) is 15.5 Å². The van der Waals surface area contributed by atoms with Gasteiger partial charge in [0.05, 0.1) is 6.54 Å². The van der Waals surface area contributed by atoms with Crippen LogP contribution >= 0.6 is 11.6 Å². The average molecular weight is 422 g/mol. The van der Waals surface area contributed by atoms with E-state index < -0.39 is 0 Å². The molecule has 4 aromatic rings. The fourth-order valence-electron chi connectivity index (χ4n) is 3.00. The van der Waals surface area contributed by atoms with E-state index in [0.29, 0.717) is 36.3 Å². The summed E-state index contributed by atoms with van der Waals surface area (Å²) in [6, 6.07) is 21.2. The van der Waals surface area contributed by atoms with Crippen molar-refractivity contribution in [1.29, 1.82) is 0 Å². The lowest BCUT2D eigenvalue weighted by Crippen LogP contribution is -2.28. The summed E-state index contributed by atoms with van der Waals surface area (Å²) >= 11 is 5.88. The van der Waals surface area contributed by atoms with Crippen LogP contribution in [0.15, 0.2) is 71.3 Å². The van der Waals surface area contributed by atoms with Gasteiger partial charge in [-0.2, -0.15) is 4.98 Å². The first kappa shape index (κ1) is 19.9. The first-order valence-electron chi connectivity index (χ1n) is 9.64. The van der Waals surface area contributed by atoms with Crippen LogP contribution in [0.1, 0.15) is 12.3 Å². The second kappa shape index (κ2) is 9.41.